The van der Waals surface area contributed by atoms with Crippen molar-refractivity contribution in [3.63, 3.8) is 0 Å². The number of allylic oxidation sites excluding steroid dienone is 1. The number of nitrogens with one attached hydrogen (secondary N) is 2. The van der Waals surface area contributed by atoms with Gasteiger partial charge < -0.3 is 10.6 Å². The molecule has 22 heavy (non-hydrogen) atoms. The minimum atomic E-state index is -0.202. The standard InChI is InChI=1S/C19H20N2O/c1-13(20-2)19(22)21-18-9-7-14(8-10-18)17-11-15-5-3-4-6-16(15)12-17/h3-11,13,20H,12H2,1-2H3,(H,21,22). The Hall–Kier alpha value is -2.39. The number of fused-ring (bicyclic) bond motifs is 1. The van der Waals surface area contributed by atoms with Crippen LogP contribution < -0.4 is 10.6 Å². The first-order chi connectivity index (χ1) is 10.7. The molecule has 1 atom stereocenters. The van der Waals surface area contributed by atoms with Crippen LogP contribution in [0.5, 0.6) is 0 Å². The third-order valence-corrected chi connectivity index (χ3v) is 4.12. The first-order valence-corrected chi connectivity index (χ1v) is 7.54. The minimum Gasteiger partial charge on any atom is -0.325 e. The van der Waals surface area contributed by atoms with Crippen molar-refractivity contribution in [3.8, 4) is 0 Å². The molecule has 3 nitrogen and oxygen atoms in total. The summed E-state index contributed by atoms with van der Waals surface area (Å²) in [6.07, 6.45) is 3.21. The van der Waals surface area contributed by atoms with Crippen molar-refractivity contribution in [3.05, 3.63) is 65.2 Å². The van der Waals surface area contributed by atoms with Gasteiger partial charge in [0.1, 0.15) is 0 Å². The zero-order valence-electron chi connectivity index (χ0n) is 12.9. The Labute approximate surface area is 131 Å². The monoisotopic (exact) mass is 292 g/mol. The Kier molecular flexibility index (Phi) is 4.07. The van der Waals surface area contributed by atoms with Crippen LogP contribution in [0.25, 0.3) is 11.6 Å². The van der Waals surface area contributed by atoms with Crippen LogP contribution >= 0.6 is 0 Å². The van der Waals surface area contributed by atoms with Crippen molar-refractivity contribution in [1.82, 2.24) is 5.32 Å². The maximum atomic E-state index is 11.8. The maximum absolute atomic E-state index is 11.8. The van der Waals surface area contributed by atoms with E-state index < -0.39 is 0 Å². The highest BCUT2D eigenvalue weighted by molar-refractivity contribution is 5.95. The second-order valence-electron chi connectivity index (χ2n) is 5.62. The Morgan fingerprint density at radius 1 is 1.09 bits per heavy atom. The number of rotatable bonds is 4. The Morgan fingerprint density at radius 2 is 1.82 bits per heavy atom. The highest BCUT2D eigenvalue weighted by Crippen LogP contribution is 2.31. The van der Waals surface area contributed by atoms with E-state index >= 15 is 0 Å². The molecule has 0 aromatic heterocycles. The lowest BCUT2D eigenvalue weighted by Crippen LogP contribution is -2.35. The van der Waals surface area contributed by atoms with Gasteiger partial charge in [0, 0.05) is 5.69 Å². The zero-order valence-corrected chi connectivity index (χ0v) is 12.9. The summed E-state index contributed by atoms with van der Waals surface area (Å²) in [5.41, 5.74) is 6.03. The number of benzene rings is 2. The molecular formula is C19H20N2O. The normalized spacial score (nSPS) is 14.2. The van der Waals surface area contributed by atoms with Gasteiger partial charge in [-0.1, -0.05) is 42.5 Å². The van der Waals surface area contributed by atoms with Gasteiger partial charge in [0.25, 0.3) is 0 Å². The quantitative estimate of drug-likeness (QED) is 0.907. The molecule has 3 heteroatoms. The summed E-state index contributed by atoms with van der Waals surface area (Å²) in [5, 5.41) is 5.84. The van der Waals surface area contributed by atoms with Gasteiger partial charge in [0.15, 0.2) is 0 Å². The van der Waals surface area contributed by atoms with Crippen molar-refractivity contribution in [2.24, 2.45) is 0 Å². The van der Waals surface area contributed by atoms with E-state index in [1.54, 1.807) is 7.05 Å². The fourth-order valence-corrected chi connectivity index (χ4v) is 2.61. The topological polar surface area (TPSA) is 41.1 Å². The van der Waals surface area contributed by atoms with Crippen LogP contribution in [0.15, 0.2) is 48.5 Å². The maximum Gasteiger partial charge on any atom is 0.241 e. The van der Waals surface area contributed by atoms with E-state index in [2.05, 4.69) is 53.1 Å². The van der Waals surface area contributed by atoms with E-state index in [-0.39, 0.29) is 11.9 Å². The SMILES string of the molecule is CNC(C)C(=O)Nc1ccc(C2=Cc3ccccc3C2)cc1. The number of hydrogen-bond donors (Lipinski definition) is 2. The van der Waals surface area contributed by atoms with Crippen molar-refractivity contribution in [2.75, 3.05) is 12.4 Å². The Morgan fingerprint density at radius 3 is 2.50 bits per heavy atom. The summed E-state index contributed by atoms with van der Waals surface area (Å²) >= 11 is 0. The van der Waals surface area contributed by atoms with Gasteiger partial charge in [-0.3, -0.25) is 4.79 Å². The Bertz CT molecular complexity index is 716. The molecule has 0 saturated carbocycles. The van der Waals surface area contributed by atoms with E-state index in [0.717, 1.165) is 12.1 Å². The minimum absolute atomic E-state index is 0.0252. The summed E-state index contributed by atoms with van der Waals surface area (Å²) in [5.74, 6) is -0.0252. The lowest BCUT2D eigenvalue weighted by atomic mass is 10.0. The predicted octanol–water partition coefficient (Wildman–Crippen LogP) is 3.33. The van der Waals surface area contributed by atoms with Crippen molar-refractivity contribution in [2.45, 2.75) is 19.4 Å². The van der Waals surface area contributed by atoms with E-state index in [1.807, 2.05) is 19.1 Å². The number of hydrogen-bond acceptors (Lipinski definition) is 2. The van der Waals surface area contributed by atoms with Gasteiger partial charge in [-0.15, -0.1) is 0 Å². The first kappa shape index (κ1) is 14.5. The molecular weight excluding hydrogens is 272 g/mol. The van der Waals surface area contributed by atoms with Gasteiger partial charge >= 0.3 is 0 Å². The van der Waals surface area contributed by atoms with Crippen LogP contribution in [-0.2, 0) is 11.2 Å². The number of likely N-dealkylation sites (N-methyl/N-ethyl adjacent to an activating group) is 1. The van der Waals surface area contributed by atoms with Gasteiger partial charge in [-0.2, -0.15) is 0 Å². The second kappa shape index (κ2) is 6.16. The molecule has 112 valence electrons. The highest BCUT2D eigenvalue weighted by Gasteiger charge is 2.14. The molecule has 2 aromatic carbocycles. The summed E-state index contributed by atoms with van der Waals surface area (Å²) < 4.78 is 0. The van der Waals surface area contributed by atoms with E-state index in [0.29, 0.717) is 0 Å². The molecule has 1 unspecified atom stereocenters. The smallest absolute Gasteiger partial charge is 0.241 e. The number of anilines is 1. The fourth-order valence-electron chi connectivity index (χ4n) is 2.61. The second-order valence-corrected chi connectivity index (χ2v) is 5.62. The fraction of sp³-hybridized carbons (Fsp3) is 0.211. The molecule has 3 rings (SSSR count). The predicted molar refractivity (Wildman–Crippen MR) is 91.6 cm³/mol. The van der Waals surface area contributed by atoms with Gasteiger partial charge in [-0.05, 0) is 54.8 Å². The van der Waals surface area contributed by atoms with Crippen LogP contribution in [0.1, 0.15) is 23.6 Å². The molecule has 1 amide bonds. The molecule has 0 bridgehead atoms. The van der Waals surface area contributed by atoms with E-state index in [4.69, 9.17) is 0 Å². The lowest BCUT2D eigenvalue weighted by Gasteiger charge is -2.11. The number of carbonyl (C=O) groups is 1. The number of amides is 1. The van der Waals surface area contributed by atoms with Crippen LogP contribution in [0.3, 0.4) is 0 Å². The molecule has 0 aliphatic heterocycles. The average Bonchev–Trinajstić information content (AvgIpc) is 2.98. The van der Waals surface area contributed by atoms with E-state index in [9.17, 15) is 4.79 Å². The first-order valence-electron chi connectivity index (χ1n) is 7.54. The van der Waals surface area contributed by atoms with Crippen molar-refractivity contribution >= 4 is 23.2 Å². The summed E-state index contributed by atoms with van der Waals surface area (Å²) in [7, 11) is 1.78. The molecule has 2 N–H and O–H groups in total. The van der Waals surface area contributed by atoms with Crippen LogP contribution in [0.2, 0.25) is 0 Å². The molecule has 1 aliphatic rings. The zero-order chi connectivity index (χ0) is 15.5. The molecule has 1 aliphatic carbocycles. The van der Waals surface area contributed by atoms with Crippen LogP contribution in [-0.4, -0.2) is 19.0 Å². The third-order valence-electron chi connectivity index (χ3n) is 4.12. The number of carbonyl (C=O) groups excluding carboxylic acids is 1. The average molecular weight is 292 g/mol. The largest absolute Gasteiger partial charge is 0.325 e. The summed E-state index contributed by atoms with van der Waals surface area (Å²) in [6.45, 7) is 1.84. The van der Waals surface area contributed by atoms with Crippen molar-refractivity contribution < 1.29 is 4.79 Å². The van der Waals surface area contributed by atoms with Gasteiger partial charge in [-0.25, -0.2) is 0 Å². The molecule has 0 radical (unpaired) electrons. The molecule has 0 heterocycles. The van der Waals surface area contributed by atoms with E-state index in [1.165, 1.54) is 22.3 Å². The summed E-state index contributed by atoms with van der Waals surface area (Å²) in [6, 6.07) is 16.3. The molecule has 0 fully saturated rings. The van der Waals surface area contributed by atoms with Gasteiger partial charge in [0.05, 0.1) is 6.04 Å². The third kappa shape index (κ3) is 2.95. The van der Waals surface area contributed by atoms with Crippen LogP contribution in [0, 0.1) is 0 Å². The summed E-state index contributed by atoms with van der Waals surface area (Å²) in [4.78, 5) is 11.8. The van der Waals surface area contributed by atoms with Crippen LogP contribution in [0.4, 0.5) is 5.69 Å². The lowest BCUT2D eigenvalue weighted by molar-refractivity contribution is -0.117. The van der Waals surface area contributed by atoms with Crippen molar-refractivity contribution in [1.29, 1.82) is 0 Å². The molecule has 0 saturated heterocycles. The highest BCUT2D eigenvalue weighted by atomic mass is 16.2. The Balaban J connectivity index is 1.72. The molecule has 2 aromatic rings. The molecule has 0 spiro atoms. The van der Waals surface area contributed by atoms with Gasteiger partial charge in [0.2, 0.25) is 5.91 Å².